The van der Waals surface area contributed by atoms with Gasteiger partial charge in [0, 0.05) is 14.1 Å². The average molecular weight is 225 g/mol. The topological polar surface area (TPSA) is 37.4 Å². The van der Waals surface area contributed by atoms with E-state index in [2.05, 4.69) is 6.58 Å². The molecule has 0 N–H and O–H groups in total. The lowest BCUT2D eigenvalue weighted by Crippen LogP contribution is -2.23. The maximum absolute atomic E-state index is 11.9. The predicted octanol–water partition coefficient (Wildman–Crippen LogP) is 1.67. The Labute approximate surface area is 91.1 Å². The van der Waals surface area contributed by atoms with Crippen LogP contribution in [0.5, 0.6) is 0 Å². The van der Waals surface area contributed by atoms with E-state index >= 15 is 0 Å². The summed E-state index contributed by atoms with van der Waals surface area (Å²) in [6.07, 6.45) is 2.26. The molecule has 0 atom stereocenters. The SMILES string of the molecule is C=CCc1ccccc1S(=O)(=O)N(C)C. The van der Waals surface area contributed by atoms with Crippen molar-refractivity contribution >= 4 is 10.0 Å². The molecule has 4 heteroatoms. The second-order valence-electron chi connectivity index (χ2n) is 3.39. The zero-order valence-corrected chi connectivity index (χ0v) is 9.79. The highest BCUT2D eigenvalue weighted by molar-refractivity contribution is 7.89. The minimum absolute atomic E-state index is 0.356. The number of rotatable bonds is 4. The van der Waals surface area contributed by atoms with Gasteiger partial charge < -0.3 is 0 Å². The summed E-state index contributed by atoms with van der Waals surface area (Å²) in [7, 11) is -0.289. The molecule has 0 aliphatic carbocycles. The fourth-order valence-electron chi connectivity index (χ4n) is 1.28. The molecule has 0 aliphatic rings. The second-order valence-corrected chi connectivity index (χ2v) is 5.51. The summed E-state index contributed by atoms with van der Waals surface area (Å²) in [5.41, 5.74) is 0.779. The lowest BCUT2D eigenvalue weighted by Gasteiger charge is -2.14. The van der Waals surface area contributed by atoms with Crippen molar-refractivity contribution in [2.75, 3.05) is 14.1 Å². The maximum Gasteiger partial charge on any atom is 0.242 e. The Balaban J connectivity index is 3.31. The summed E-state index contributed by atoms with van der Waals surface area (Å²) in [5, 5.41) is 0. The Kier molecular flexibility index (Phi) is 3.66. The van der Waals surface area contributed by atoms with Gasteiger partial charge in [-0.3, -0.25) is 0 Å². The molecular weight excluding hydrogens is 210 g/mol. The van der Waals surface area contributed by atoms with Crippen LogP contribution in [0.2, 0.25) is 0 Å². The van der Waals surface area contributed by atoms with Crippen LogP contribution in [0.25, 0.3) is 0 Å². The summed E-state index contributed by atoms with van der Waals surface area (Å²) in [6.45, 7) is 3.62. The van der Waals surface area contributed by atoms with Gasteiger partial charge in [0.15, 0.2) is 0 Å². The first-order valence-electron chi connectivity index (χ1n) is 4.61. The lowest BCUT2D eigenvalue weighted by atomic mass is 10.1. The van der Waals surface area contributed by atoms with E-state index in [1.165, 1.54) is 18.4 Å². The van der Waals surface area contributed by atoms with Crippen LogP contribution >= 0.6 is 0 Å². The fraction of sp³-hybridized carbons (Fsp3) is 0.273. The van der Waals surface area contributed by atoms with Gasteiger partial charge >= 0.3 is 0 Å². The normalized spacial score (nSPS) is 11.7. The third kappa shape index (κ3) is 2.46. The monoisotopic (exact) mass is 225 g/mol. The zero-order chi connectivity index (χ0) is 11.5. The summed E-state index contributed by atoms with van der Waals surface area (Å²) >= 11 is 0. The molecule has 1 aromatic carbocycles. The molecule has 3 nitrogen and oxygen atoms in total. The summed E-state index contributed by atoms with van der Waals surface area (Å²) in [6, 6.07) is 6.97. The van der Waals surface area contributed by atoms with Crippen LogP contribution in [0.1, 0.15) is 5.56 Å². The van der Waals surface area contributed by atoms with Gasteiger partial charge in [0.2, 0.25) is 10.0 Å². The fourth-order valence-corrected chi connectivity index (χ4v) is 2.40. The third-order valence-electron chi connectivity index (χ3n) is 2.10. The summed E-state index contributed by atoms with van der Waals surface area (Å²) in [4.78, 5) is 0.356. The zero-order valence-electron chi connectivity index (χ0n) is 8.97. The van der Waals surface area contributed by atoms with Crippen molar-refractivity contribution in [1.29, 1.82) is 0 Å². The Bertz CT molecular complexity index is 449. The molecule has 0 aliphatic heterocycles. The van der Waals surface area contributed by atoms with Crippen molar-refractivity contribution in [3.63, 3.8) is 0 Å². The molecule has 1 aromatic rings. The molecular formula is C11H15NO2S. The van der Waals surface area contributed by atoms with Gasteiger partial charge in [-0.2, -0.15) is 0 Å². The molecule has 0 heterocycles. The summed E-state index contributed by atoms with van der Waals surface area (Å²) < 4.78 is 25.1. The molecule has 0 fully saturated rings. The van der Waals surface area contributed by atoms with Gasteiger partial charge in [-0.05, 0) is 18.1 Å². The van der Waals surface area contributed by atoms with E-state index in [9.17, 15) is 8.42 Å². The van der Waals surface area contributed by atoms with Crippen molar-refractivity contribution in [2.24, 2.45) is 0 Å². The van der Waals surface area contributed by atoms with E-state index in [1.807, 2.05) is 6.07 Å². The molecule has 0 saturated heterocycles. The summed E-state index contributed by atoms with van der Waals surface area (Å²) in [5.74, 6) is 0. The van der Waals surface area contributed by atoms with Crippen molar-refractivity contribution in [3.05, 3.63) is 42.5 Å². The molecule has 0 unspecified atom stereocenters. The van der Waals surface area contributed by atoms with Crippen LogP contribution in [-0.4, -0.2) is 26.8 Å². The van der Waals surface area contributed by atoms with Crippen LogP contribution in [0.4, 0.5) is 0 Å². The Morgan fingerprint density at radius 1 is 1.33 bits per heavy atom. The van der Waals surface area contributed by atoms with Crippen molar-refractivity contribution in [3.8, 4) is 0 Å². The number of nitrogens with zero attached hydrogens (tertiary/aromatic N) is 1. The van der Waals surface area contributed by atoms with Crippen LogP contribution in [-0.2, 0) is 16.4 Å². The first-order valence-corrected chi connectivity index (χ1v) is 6.05. The molecule has 0 saturated carbocycles. The van der Waals surface area contributed by atoms with E-state index in [1.54, 1.807) is 24.3 Å². The van der Waals surface area contributed by atoms with Gasteiger partial charge in [-0.25, -0.2) is 12.7 Å². The number of hydrogen-bond donors (Lipinski definition) is 0. The second kappa shape index (κ2) is 4.59. The average Bonchev–Trinajstić information content (AvgIpc) is 2.18. The standard InChI is InChI=1S/C11H15NO2S/c1-4-7-10-8-5-6-9-11(10)15(13,14)12(2)3/h4-6,8-9H,1,7H2,2-3H3. The molecule has 0 amide bonds. The highest BCUT2D eigenvalue weighted by Crippen LogP contribution is 2.18. The van der Waals surface area contributed by atoms with Crippen LogP contribution in [0.3, 0.4) is 0 Å². The van der Waals surface area contributed by atoms with Crippen LogP contribution in [0.15, 0.2) is 41.8 Å². The highest BCUT2D eigenvalue weighted by Gasteiger charge is 2.19. The van der Waals surface area contributed by atoms with Crippen molar-refractivity contribution in [1.82, 2.24) is 4.31 Å². The van der Waals surface area contributed by atoms with E-state index in [0.29, 0.717) is 11.3 Å². The van der Waals surface area contributed by atoms with Crippen LogP contribution < -0.4 is 0 Å². The minimum Gasteiger partial charge on any atom is -0.207 e. The number of hydrogen-bond acceptors (Lipinski definition) is 2. The maximum atomic E-state index is 11.9. The Hall–Kier alpha value is -1.13. The largest absolute Gasteiger partial charge is 0.242 e. The van der Waals surface area contributed by atoms with E-state index in [-0.39, 0.29) is 0 Å². The molecule has 82 valence electrons. The molecule has 1 rings (SSSR count). The first kappa shape index (κ1) is 11.9. The number of allylic oxidation sites excluding steroid dienone is 1. The molecule has 0 bridgehead atoms. The van der Waals surface area contributed by atoms with Gasteiger partial charge in [0.25, 0.3) is 0 Å². The third-order valence-corrected chi connectivity index (χ3v) is 4.01. The Morgan fingerprint density at radius 2 is 1.93 bits per heavy atom. The van der Waals surface area contributed by atoms with Crippen molar-refractivity contribution < 1.29 is 8.42 Å². The predicted molar refractivity (Wildman–Crippen MR) is 61.2 cm³/mol. The van der Waals surface area contributed by atoms with E-state index in [0.717, 1.165) is 5.56 Å². The number of sulfonamides is 1. The van der Waals surface area contributed by atoms with Gasteiger partial charge in [0.05, 0.1) is 4.90 Å². The Morgan fingerprint density at radius 3 is 2.47 bits per heavy atom. The molecule has 0 radical (unpaired) electrons. The molecule has 0 aromatic heterocycles. The van der Waals surface area contributed by atoms with E-state index in [4.69, 9.17) is 0 Å². The number of benzene rings is 1. The van der Waals surface area contributed by atoms with E-state index < -0.39 is 10.0 Å². The highest BCUT2D eigenvalue weighted by atomic mass is 32.2. The smallest absolute Gasteiger partial charge is 0.207 e. The molecule has 15 heavy (non-hydrogen) atoms. The minimum atomic E-state index is -3.34. The first-order chi connectivity index (χ1) is 7.00. The van der Waals surface area contributed by atoms with Crippen molar-refractivity contribution in [2.45, 2.75) is 11.3 Å². The van der Waals surface area contributed by atoms with Gasteiger partial charge in [0.1, 0.15) is 0 Å². The van der Waals surface area contributed by atoms with Gasteiger partial charge in [-0.1, -0.05) is 24.3 Å². The van der Waals surface area contributed by atoms with Crippen LogP contribution in [0, 0.1) is 0 Å². The van der Waals surface area contributed by atoms with Gasteiger partial charge in [-0.15, -0.1) is 6.58 Å². The molecule has 0 spiro atoms. The quantitative estimate of drug-likeness (QED) is 0.731. The lowest BCUT2D eigenvalue weighted by molar-refractivity contribution is 0.520.